The first-order valence-electron chi connectivity index (χ1n) is 5.16. The monoisotopic (exact) mass is 203 g/mol. The Morgan fingerprint density at radius 2 is 1.73 bits per heavy atom. The van der Waals surface area contributed by atoms with E-state index in [9.17, 15) is 0 Å². The fourth-order valence-corrected chi connectivity index (χ4v) is 2.06. The molecule has 2 heteroatoms. The number of hydrogen-bond acceptors (Lipinski definition) is 1. The Kier molecular flexibility index (Phi) is 2.22. The molecule has 0 radical (unpaired) electrons. The van der Waals surface area contributed by atoms with Gasteiger partial charge in [-0.25, -0.2) is 0 Å². The summed E-state index contributed by atoms with van der Waals surface area (Å²) in [5.74, 6) is 0.973. The SMILES string of the molecule is COc1cc2c(cc(C)n2C)c(C)c1C. The van der Waals surface area contributed by atoms with E-state index in [-0.39, 0.29) is 0 Å². The number of rotatable bonds is 1. The standard InChI is InChI=1S/C13H17NO/c1-8-6-11-9(2)10(3)13(15-5)7-12(11)14(8)4/h6-7H,1-5H3. The minimum atomic E-state index is 0.973. The Hall–Kier alpha value is -1.44. The average Bonchev–Trinajstić information content (AvgIpc) is 2.50. The van der Waals surface area contributed by atoms with Crippen LogP contribution in [-0.4, -0.2) is 11.7 Å². The van der Waals surface area contributed by atoms with E-state index in [1.54, 1.807) is 7.11 Å². The first-order chi connectivity index (χ1) is 7.06. The molecule has 0 N–H and O–H groups in total. The van der Waals surface area contributed by atoms with Crippen LogP contribution in [0, 0.1) is 20.8 Å². The molecule has 1 aromatic heterocycles. The number of fused-ring (bicyclic) bond motifs is 1. The van der Waals surface area contributed by atoms with Crippen LogP contribution in [0.1, 0.15) is 16.8 Å². The van der Waals surface area contributed by atoms with E-state index < -0.39 is 0 Å². The minimum absolute atomic E-state index is 0.973. The van der Waals surface area contributed by atoms with Gasteiger partial charge in [-0.05, 0) is 38.0 Å². The van der Waals surface area contributed by atoms with Crippen LogP contribution in [0.25, 0.3) is 10.9 Å². The van der Waals surface area contributed by atoms with E-state index in [0.717, 1.165) is 5.75 Å². The number of nitrogens with zero attached hydrogens (tertiary/aromatic N) is 1. The molecule has 0 aliphatic heterocycles. The van der Waals surface area contributed by atoms with E-state index in [2.05, 4.69) is 44.5 Å². The van der Waals surface area contributed by atoms with Crippen molar-refractivity contribution < 1.29 is 4.74 Å². The largest absolute Gasteiger partial charge is 0.496 e. The summed E-state index contributed by atoms with van der Waals surface area (Å²) in [4.78, 5) is 0. The Balaban J connectivity index is 2.90. The summed E-state index contributed by atoms with van der Waals surface area (Å²) in [6.45, 7) is 6.39. The van der Waals surface area contributed by atoms with Gasteiger partial charge in [-0.3, -0.25) is 0 Å². The van der Waals surface area contributed by atoms with E-state index in [4.69, 9.17) is 4.74 Å². The van der Waals surface area contributed by atoms with Crippen LogP contribution in [0.2, 0.25) is 0 Å². The number of methoxy groups -OCH3 is 1. The summed E-state index contributed by atoms with van der Waals surface area (Å²) in [5, 5.41) is 1.33. The van der Waals surface area contributed by atoms with Crippen LogP contribution in [-0.2, 0) is 7.05 Å². The second-order valence-electron chi connectivity index (χ2n) is 4.11. The normalized spacial score (nSPS) is 11.0. The Labute approximate surface area is 90.5 Å². The molecule has 15 heavy (non-hydrogen) atoms. The third kappa shape index (κ3) is 1.32. The summed E-state index contributed by atoms with van der Waals surface area (Å²) in [6.07, 6.45) is 0. The minimum Gasteiger partial charge on any atom is -0.496 e. The molecule has 0 unspecified atom stereocenters. The molecule has 80 valence electrons. The molecule has 0 amide bonds. The van der Waals surface area contributed by atoms with Crippen molar-refractivity contribution in [3.63, 3.8) is 0 Å². The van der Waals surface area contributed by atoms with Crippen molar-refractivity contribution in [2.24, 2.45) is 7.05 Å². The molecular weight excluding hydrogens is 186 g/mol. The van der Waals surface area contributed by atoms with Gasteiger partial charge < -0.3 is 9.30 Å². The maximum absolute atomic E-state index is 5.38. The van der Waals surface area contributed by atoms with Gasteiger partial charge in [0.25, 0.3) is 0 Å². The van der Waals surface area contributed by atoms with Crippen LogP contribution in [0.15, 0.2) is 12.1 Å². The first-order valence-corrected chi connectivity index (χ1v) is 5.16. The predicted molar refractivity (Wildman–Crippen MR) is 63.7 cm³/mol. The van der Waals surface area contributed by atoms with Gasteiger partial charge >= 0.3 is 0 Å². The Morgan fingerprint density at radius 1 is 1.07 bits per heavy atom. The van der Waals surface area contributed by atoms with Crippen molar-refractivity contribution in [3.8, 4) is 5.75 Å². The highest BCUT2D eigenvalue weighted by atomic mass is 16.5. The quantitative estimate of drug-likeness (QED) is 0.694. The molecular formula is C13H17NO. The second kappa shape index (κ2) is 3.30. The Bertz CT molecular complexity index is 523. The maximum Gasteiger partial charge on any atom is 0.124 e. The van der Waals surface area contributed by atoms with Gasteiger partial charge in [0.05, 0.1) is 12.6 Å². The molecule has 2 rings (SSSR count). The van der Waals surface area contributed by atoms with Gasteiger partial charge in [0.1, 0.15) is 5.75 Å². The Morgan fingerprint density at radius 3 is 2.33 bits per heavy atom. The zero-order chi connectivity index (χ0) is 11.2. The van der Waals surface area contributed by atoms with Crippen LogP contribution in [0.3, 0.4) is 0 Å². The average molecular weight is 203 g/mol. The zero-order valence-electron chi connectivity index (χ0n) is 10.0. The molecule has 0 saturated heterocycles. The number of aromatic nitrogens is 1. The van der Waals surface area contributed by atoms with E-state index in [0.29, 0.717) is 0 Å². The van der Waals surface area contributed by atoms with Gasteiger partial charge in [-0.1, -0.05) is 0 Å². The van der Waals surface area contributed by atoms with E-state index >= 15 is 0 Å². The number of aryl methyl sites for hydroxylation is 3. The summed E-state index contributed by atoms with van der Waals surface area (Å²) < 4.78 is 7.58. The van der Waals surface area contributed by atoms with Crippen LogP contribution >= 0.6 is 0 Å². The molecule has 2 nitrogen and oxygen atoms in total. The summed E-state index contributed by atoms with van der Waals surface area (Å²) >= 11 is 0. The molecule has 0 aliphatic carbocycles. The molecule has 2 aromatic rings. The summed E-state index contributed by atoms with van der Waals surface area (Å²) in [6, 6.07) is 4.35. The smallest absolute Gasteiger partial charge is 0.124 e. The van der Waals surface area contributed by atoms with Gasteiger partial charge in [0.2, 0.25) is 0 Å². The van der Waals surface area contributed by atoms with Gasteiger partial charge in [0, 0.05) is 24.2 Å². The third-order valence-electron chi connectivity index (χ3n) is 3.34. The zero-order valence-corrected chi connectivity index (χ0v) is 10.0. The van der Waals surface area contributed by atoms with Crippen molar-refractivity contribution in [3.05, 3.63) is 29.0 Å². The summed E-state index contributed by atoms with van der Waals surface area (Å²) in [5.41, 5.74) is 5.07. The van der Waals surface area contributed by atoms with Crippen LogP contribution in [0.5, 0.6) is 5.75 Å². The van der Waals surface area contributed by atoms with Gasteiger partial charge in [0.15, 0.2) is 0 Å². The van der Waals surface area contributed by atoms with Crippen molar-refractivity contribution >= 4 is 10.9 Å². The fourth-order valence-electron chi connectivity index (χ4n) is 2.06. The van der Waals surface area contributed by atoms with Crippen molar-refractivity contribution in [1.29, 1.82) is 0 Å². The first kappa shape index (κ1) is 10.1. The molecule has 0 aliphatic rings. The molecule has 0 atom stereocenters. The molecule has 0 saturated carbocycles. The number of benzene rings is 1. The fraction of sp³-hybridized carbons (Fsp3) is 0.385. The number of ether oxygens (including phenoxy) is 1. The topological polar surface area (TPSA) is 14.2 Å². The van der Waals surface area contributed by atoms with Crippen molar-refractivity contribution in [2.75, 3.05) is 7.11 Å². The molecule has 1 aromatic carbocycles. The lowest BCUT2D eigenvalue weighted by Crippen LogP contribution is -1.94. The van der Waals surface area contributed by atoms with Crippen LogP contribution < -0.4 is 4.74 Å². The molecule has 0 fully saturated rings. The lowest BCUT2D eigenvalue weighted by molar-refractivity contribution is 0.412. The third-order valence-corrected chi connectivity index (χ3v) is 3.34. The van der Waals surface area contributed by atoms with Crippen LogP contribution in [0.4, 0.5) is 0 Å². The highest BCUT2D eigenvalue weighted by molar-refractivity contribution is 5.87. The second-order valence-corrected chi connectivity index (χ2v) is 4.11. The molecule has 0 bridgehead atoms. The van der Waals surface area contributed by atoms with Crippen molar-refractivity contribution in [2.45, 2.75) is 20.8 Å². The van der Waals surface area contributed by atoms with Gasteiger partial charge in [-0.15, -0.1) is 0 Å². The highest BCUT2D eigenvalue weighted by Crippen LogP contribution is 2.31. The molecule has 1 heterocycles. The number of hydrogen-bond donors (Lipinski definition) is 0. The predicted octanol–water partition coefficient (Wildman–Crippen LogP) is 3.11. The highest BCUT2D eigenvalue weighted by Gasteiger charge is 2.10. The van der Waals surface area contributed by atoms with Gasteiger partial charge in [-0.2, -0.15) is 0 Å². The maximum atomic E-state index is 5.38. The van der Waals surface area contributed by atoms with E-state index in [1.165, 1.54) is 27.7 Å². The lowest BCUT2D eigenvalue weighted by atomic mass is 10.0. The van der Waals surface area contributed by atoms with Crippen molar-refractivity contribution in [1.82, 2.24) is 4.57 Å². The summed E-state index contributed by atoms with van der Waals surface area (Å²) in [7, 11) is 3.81. The molecule has 0 spiro atoms. The van der Waals surface area contributed by atoms with E-state index in [1.807, 2.05) is 0 Å². The lowest BCUT2D eigenvalue weighted by Gasteiger charge is -2.09.